The molecule has 0 radical (unpaired) electrons. The summed E-state index contributed by atoms with van der Waals surface area (Å²) in [5.74, 6) is 2.07. The van der Waals surface area contributed by atoms with Crippen LogP contribution in [0, 0.1) is 17.3 Å². The van der Waals surface area contributed by atoms with Crippen molar-refractivity contribution < 1.29 is 0 Å². The zero-order valence-electron chi connectivity index (χ0n) is 8.40. The molecule has 2 fully saturated rings. The summed E-state index contributed by atoms with van der Waals surface area (Å²) >= 11 is 0. The van der Waals surface area contributed by atoms with Gasteiger partial charge in [0.25, 0.3) is 0 Å². The second-order valence-electron chi connectivity index (χ2n) is 4.98. The van der Waals surface area contributed by atoms with E-state index in [1.54, 1.807) is 0 Å². The van der Waals surface area contributed by atoms with Crippen molar-refractivity contribution in [2.75, 3.05) is 13.1 Å². The Morgan fingerprint density at radius 2 is 2.08 bits per heavy atom. The molecule has 1 atom stereocenters. The minimum absolute atomic E-state index is 0.847. The van der Waals surface area contributed by atoms with Gasteiger partial charge >= 0.3 is 0 Å². The van der Waals surface area contributed by atoms with Crippen LogP contribution in [0.25, 0.3) is 0 Å². The number of nitrogens with one attached hydrogen (secondary N) is 1. The summed E-state index contributed by atoms with van der Waals surface area (Å²) in [5, 5.41) is 3.54. The van der Waals surface area contributed by atoms with E-state index in [9.17, 15) is 0 Å². The van der Waals surface area contributed by atoms with Gasteiger partial charge in [0.15, 0.2) is 0 Å². The van der Waals surface area contributed by atoms with E-state index in [-0.39, 0.29) is 0 Å². The Morgan fingerprint density at radius 3 is 2.67 bits per heavy atom. The van der Waals surface area contributed by atoms with Gasteiger partial charge in [-0.25, -0.2) is 0 Å². The number of hydrogen-bond acceptors (Lipinski definition) is 1. The van der Waals surface area contributed by atoms with E-state index in [0.29, 0.717) is 0 Å². The molecule has 0 aromatic heterocycles. The van der Waals surface area contributed by atoms with Crippen LogP contribution in [0.15, 0.2) is 0 Å². The van der Waals surface area contributed by atoms with Crippen LogP contribution in [-0.4, -0.2) is 13.1 Å². The highest BCUT2D eigenvalue weighted by Gasteiger charge is 2.59. The van der Waals surface area contributed by atoms with E-state index in [0.717, 1.165) is 17.3 Å². The first kappa shape index (κ1) is 8.55. The first-order chi connectivity index (χ1) is 5.77. The Labute approximate surface area is 75.9 Å². The fourth-order valence-corrected chi connectivity index (χ4v) is 3.00. The normalized spacial score (nSPS) is 44.5. The molecule has 1 spiro atoms. The van der Waals surface area contributed by atoms with Crippen molar-refractivity contribution in [3.63, 3.8) is 0 Å². The second-order valence-corrected chi connectivity index (χ2v) is 4.98. The van der Waals surface area contributed by atoms with Gasteiger partial charge in [-0.2, -0.15) is 0 Å². The van der Waals surface area contributed by atoms with Crippen LogP contribution in [0.3, 0.4) is 0 Å². The molecule has 1 heteroatoms. The van der Waals surface area contributed by atoms with Crippen LogP contribution in [0.4, 0.5) is 0 Å². The molecule has 0 saturated heterocycles. The van der Waals surface area contributed by atoms with E-state index in [2.05, 4.69) is 19.2 Å². The Hall–Kier alpha value is -0.0400. The summed E-state index contributed by atoms with van der Waals surface area (Å²) < 4.78 is 0. The molecule has 2 aliphatic rings. The number of hydrogen-bond donors (Lipinski definition) is 1. The van der Waals surface area contributed by atoms with E-state index >= 15 is 0 Å². The molecule has 1 unspecified atom stereocenters. The van der Waals surface area contributed by atoms with Crippen molar-refractivity contribution >= 4 is 0 Å². The molecule has 2 saturated carbocycles. The Morgan fingerprint density at radius 1 is 1.33 bits per heavy atom. The maximum Gasteiger partial charge on any atom is -0.00150 e. The first-order valence-corrected chi connectivity index (χ1v) is 5.47. The van der Waals surface area contributed by atoms with Crippen LogP contribution < -0.4 is 5.32 Å². The van der Waals surface area contributed by atoms with Gasteiger partial charge in [-0.3, -0.25) is 0 Å². The van der Waals surface area contributed by atoms with Gasteiger partial charge in [0.2, 0.25) is 0 Å². The van der Waals surface area contributed by atoms with Crippen LogP contribution >= 0.6 is 0 Å². The maximum absolute atomic E-state index is 3.54. The molecule has 0 amide bonds. The van der Waals surface area contributed by atoms with Crippen molar-refractivity contribution in [3.05, 3.63) is 0 Å². The van der Waals surface area contributed by atoms with Crippen LogP contribution in [0.1, 0.15) is 39.5 Å². The third-order valence-corrected chi connectivity index (χ3v) is 3.69. The molecule has 2 aliphatic carbocycles. The largest absolute Gasteiger partial charge is 0.316 e. The summed E-state index contributed by atoms with van der Waals surface area (Å²) in [7, 11) is 0. The maximum atomic E-state index is 3.54. The highest BCUT2D eigenvalue weighted by Crippen LogP contribution is 2.67. The predicted molar refractivity (Wildman–Crippen MR) is 52.1 cm³/mol. The average molecular weight is 167 g/mol. The van der Waals surface area contributed by atoms with Crippen molar-refractivity contribution in [1.82, 2.24) is 5.32 Å². The van der Waals surface area contributed by atoms with Gasteiger partial charge in [-0.15, -0.1) is 0 Å². The van der Waals surface area contributed by atoms with Gasteiger partial charge in [-0.05, 0) is 56.0 Å². The van der Waals surface area contributed by atoms with E-state index < -0.39 is 0 Å². The topological polar surface area (TPSA) is 12.0 Å². The van der Waals surface area contributed by atoms with Crippen molar-refractivity contribution in [3.8, 4) is 0 Å². The lowest BCUT2D eigenvalue weighted by atomic mass is 9.71. The molecule has 0 aromatic carbocycles. The van der Waals surface area contributed by atoms with Gasteiger partial charge < -0.3 is 5.32 Å². The first-order valence-electron chi connectivity index (χ1n) is 5.47. The Bertz CT molecular complexity index is 158. The molecular weight excluding hydrogens is 146 g/mol. The molecule has 12 heavy (non-hydrogen) atoms. The molecular formula is C11H21N. The fourth-order valence-electron chi connectivity index (χ4n) is 3.00. The third kappa shape index (κ3) is 1.39. The highest BCUT2D eigenvalue weighted by atomic mass is 14.9. The van der Waals surface area contributed by atoms with Gasteiger partial charge in [0.1, 0.15) is 0 Å². The summed E-state index contributed by atoms with van der Waals surface area (Å²) in [6.45, 7) is 7.13. The predicted octanol–water partition coefficient (Wildman–Crippen LogP) is 2.42. The smallest absolute Gasteiger partial charge is 0.00150 e. The zero-order valence-corrected chi connectivity index (χ0v) is 8.40. The average Bonchev–Trinajstić information content (AvgIpc) is 2.64. The summed E-state index contributed by atoms with van der Waals surface area (Å²) in [5.41, 5.74) is 0.847. The lowest BCUT2D eigenvalue weighted by Gasteiger charge is -2.34. The standard InChI is InChI=1S/C11H21N/c1-3-4-12-8-10-7-11(10)5-9(2)6-11/h9-10,12H,3-8H2,1-2H3. The minimum Gasteiger partial charge on any atom is -0.316 e. The molecule has 2 rings (SSSR count). The summed E-state index contributed by atoms with van der Waals surface area (Å²) in [6.07, 6.45) is 5.83. The van der Waals surface area contributed by atoms with Crippen molar-refractivity contribution in [1.29, 1.82) is 0 Å². The van der Waals surface area contributed by atoms with Crippen molar-refractivity contribution in [2.45, 2.75) is 39.5 Å². The van der Waals surface area contributed by atoms with Gasteiger partial charge in [-0.1, -0.05) is 13.8 Å². The monoisotopic (exact) mass is 167 g/mol. The fraction of sp³-hybridized carbons (Fsp3) is 1.00. The molecule has 70 valence electrons. The number of rotatable bonds is 4. The third-order valence-electron chi connectivity index (χ3n) is 3.69. The van der Waals surface area contributed by atoms with E-state index in [4.69, 9.17) is 0 Å². The van der Waals surface area contributed by atoms with Crippen LogP contribution in [0.5, 0.6) is 0 Å². The van der Waals surface area contributed by atoms with E-state index in [1.165, 1.54) is 38.8 Å². The minimum atomic E-state index is 0.847. The Balaban J connectivity index is 1.61. The Kier molecular flexibility index (Phi) is 2.16. The molecule has 0 aliphatic heterocycles. The SMILES string of the molecule is CCCNCC1CC12CC(C)C2. The van der Waals surface area contributed by atoms with Gasteiger partial charge in [0.05, 0.1) is 0 Å². The lowest BCUT2D eigenvalue weighted by Crippen LogP contribution is -2.28. The van der Waals surface area contributed by atoms with Gasteiger partial charge in [0, 0.05) is 0 Å². The highest BCUT2D eigenvalue weighted by molar-refractivity contribution is 5.09. The lowest BCUT2D eigenvalue weighted by molar-refractivity contribution is 0.165. The van der Waals surface area contributed by atoms with E-state index in [1.807, 2.05) is 0 Å². The van der Waals surface area contributed by atoms with Crippen molar-refractivity contribution in [2.24, 2.45) is 17.3 Å². The molecule has 0 heterocycles. The summed E-state index contributed by atoms with van der Waals surface area (Å²) in [6, 6.07) is 0. The molecule has 1 N–H and O–H groups in total. The van der Waals surface area contributed by atoms with Crippen LogP contribution in [0.2, 0.25) is 0 Å². The summed E-state index contributed by atoms with van der Waals surface area (Å²) in [4.78, 5) is 0. The molecule has 1 nitrogen and oxygen atoms in total. The molecule has 0 bridgehead atoms. The quantitative estimate of drug-likeness (QED) is 0.634. The van der Waals surface area contributed by atoms with Crippen LogP contribution in [-0.2, 0) is 0 Å². The molecule has 0 aromatic rings. The zero-order chi connectivity index (χ0) is 8.60. The second kappa shape index (κ2) is 3.02.